The largest absolute Gasteiger partial charge is 0.305 e. The molecule has 0 spiro atoms. The monoisotopic (exact) mass is 853 g/mol. The van der Waals surface area contributed by atoms with Gasteiger partial charge in [-0.1, -0.05) is 118 Å². The molecule has 1 radical (unpaired) electrons. The number of pyridine rings is 2. The molecule has 0 unspecified atom stereocenters. The summed E-state index contributed by atoms with van der Waals surface area (Å²) >= 11 is 1.83. The van der Waals surface area contributed by atoms with Gasteiger partial charge in [0.2, 0.25) is 0 Å². The van der Waals surface area contributed by atoms with Crippen LogP contribution >= 0.6 is 11.3 Å². The van der Waals surface area contributed by atoms with Crippen molar-refractivity contribution in [2.45, 2.75) is 59.7 Å². The van der Waals surface area contributed by atoms with Crippen LogP contribution in [0.2, 0.25) is 19.6 Å². The molecule has 0 N–H and O–H groups in total. The molecule has 4 aromatic carbocycles. The summed E-state index contributed by atoms with van der Waals surface area (Å²) < 4.78 is 2.56. The number of benzene rings is 4. The number of thiophene rings is 1. The second-order valence-electron chi connectivity index (χ2n) is 14.3. The van der Waals surface area contributed by atoms with Crippen molar-refractivity contribution in [1.82, 2.24) is 9.97 Å². The molecule has 0 aliphatic heterocycles. The molecule has 0 bridgehead atoms. The average molecular weight is 853 g/mol. The van der Waals surface area contributed by atoms with Crippen LogP contribution in [0.3, 0.4) is 0 Å². The van der Waals surface area contributed by atoms with Gasteiger partial charge in [-0.25, -0.2) is 0 Å². The molecular formula is C44H44IrN2SSi-2. The Kier molecular flexibility index (Phi) is 11.8. The summed E-state index contributed by atoms with van der Waals surface area (Å²) in [7, 11) is -1.34. The molecule has 0 saturated carbocycles. The average Bonchev–Trinajstić information content (AvgIpc) is 3.47. The Bertz CT molecular complexity index is 2150. The second kappa shape index (κ2) is 15.9. The number of hydrogen-bond acceptors (Lipinski definition) is 3. The predicted molar refractivity (Wildman–Crippen MR) is 211 cm³/mol. The minimum Gasteiger partial charge on any atom is -0.305 e. The van der Waals surface area contributed by atoms with Crippen molar-refractivity contribution in [1.29, 1.82) is 0 Å². The minimum absolute atomic E-state index is 0. The van der Waals surface area contributed by atoms with Gasteiger partial charge in [-0.05, 0) is 68.2 Å². The summed E-state index contributed by atoms with van der Waals surface area (Å²) in [5.41, 5.74) is 9.52. The zero-order valence-corrected chi connectivity index (χ0v) is 33.7. The van der Waals surface area contributed by atoms with Gasteiger partial charge in [-0.3, -0.25) is 0 Å². The molecule has 0 amide bonds. The first kappa shape index (κ1) is 36.5. The molecule has 251 valence electrons. The molecule has 3 aromatic heterocycles. The number of aromatic nitrogens is 2. The molecule has 3 heterocycles. The molecule has 5 heteroatoms. The van der Waals surface area contributed by atoms with Crippen LogP contribution in [0.25, 0.3) is 53.8 Å². The first-order valence-corrected chi connectivity index (χ1v) is 21.3. The zero-order valence-electron chi connectivity index (χ0n) is 29.5. The SMILES string of the molecule is CC(C)Cc1cc(-c2[c-]cccc2)ncc1[Si](C)(C)C.CC(C)c1ccnc(-c2[c-]ccc3c2sc2cc(-c4ccccc4)ccc23)c1.[Ir]. The fourth-order valence-corrected chi connectivity index (χ4v) is 9.00. The van der Waals surface area contributed by atoms with Crippen LogP contribution in [0.15, 0.2) is 116 Å². The van der Waals surface area contributed by atoms with Crippen molar-refractivity contribution in [2.24, 2.45) is 5.92 Å². The normalized spacial score (nSPS) is 11.4. The van der Waals surface area contributed by atoms with Gasteiger partial charge < -0.3 is 9.97 Å². The quantitative estimate of drug-likeness (QED) is 0.118. The topological polar surface area (TPSA) is 25.8 Å². The van der Waals surface area contributed by atoms with Gasteiger partial charge in [0.1, 0.15) is 0 Å². The Morgan fingerprint density at radius 1 is 0.714 bits per heavy atom. The molecule has 0 saturated heterocycles. The van der Waals surface area contributed by atoms with E-state index in [1.54, 1.807) is 0 Å². The van der Waals surface area contributed by atoms with Crippen LogP contribution in [-0.4, -0.2) is 18.0 Å². The van der Waals surface area contributed by atoms with Crippen molar-refractivity contribution in [3.05, 3.63) is 139 Å². The first-order chi connectivity index (χ1) is 23.1. The van der Waals surface area contributed by atoms with Gasteiger partial charge in [-0.15, -0.1) is 59.7 Å². The molecule has 2 nitrogen and oxygen atoms in total. The van der Waals surface area contributed by atoms with E-state index in [1.807, 2.05) is 41.8 Å². The third kappa shape index (κ3) is 8.53. The Hall–Kier alpha value is -3.73. The van der Waals surface area contributed by atoms with Crippen molar-refractivity contribution in [3.8, 4) is 33.6 Å². The van der Waals surface area contributed by atoms with Crippen LogP contribution < -0.4 is 5.19 Å². The Morgan fingerprint density at radius 3 is 2.18 bits per heavy atom. The van der Waals surface area contributed by atoms with E-state index in [2.05, 4.69) is 154 Å². The van der Waals surface area contributed by atoms with Gasteiger partial charge >= 0.3 is 0 Å². The zero-order chi connectivity index (χ0) is 33.8. The Labute approximate surface area is 311 Å². The molecule has 7 rings (SSSR count). The standard InChI is InChI=1S/C26H20NS.C18H24NSi.Ir/c1-17(2)19-13-14-27-24(15-19)23-10-6-9-22-21-12-11-20(16-25(21)28-26(22)23)18-7-4-3-5-8-18;1-14(2)11-16-12-17(15-9-7-6-8-10-15)19-13-18(16)20(3,4)5;/h3-9,11-17H,1-2H3;6-9,12-14H,11H2,1-5H3;/q2*-1;. The van der Waals surface area contributed by atoms with Crippen LogP contribution in [0.4, 0.5) is 0 Å². The maximum atomic E-state index is 4.69. The summed E-state index contributed by atoms with van der Waals surface area (Å²) in [4.78, 5) is 9.34. The Morgan fingerprint density at radius 2 is 1.49 bits per heavy atom. The van der Waals surface area contributed by atoms with E-state index in [0.717, 1.165) is 28.9 Å². The van der Waals surface area contributed by atoms with Gasteiger partial charge in [0.25, 0.3) is 0 Å². The van der Waals surface area contributed by atoms with Gasteiger partial charge in [0.15, 0.2) is 0 Å². The predicted octanol–water partition coefficient (Wildman–Crippen LogP) is 12.0. The van der Waals surface area contributed by atoms with E-state index >= 15 is 0 Å². The molecule has 0 atom stereocenters. The van der Waals surface area contributed by atoms with Crippen LogP contribution in [0.5, 0.6) is 0 Å². The van der Waals surface area contributed by atoms with Gasteiger partial charge in [0.05, 0.1) is 8.07 Å². The summed E-state index contributed by atoms with van der Waals surface area (Å²) in [5.74, 6) is 1.15. The summed E-state index contributed by atoms with van der Waals surface area (Å²) in [5, 5.41) is 4.07. The van der Waals surface area contributed by atoms with Crippen LogP contribution in [0.1, 0.15) is 44.7 Å². The number of fused-ring (bicyclic) bond motifs is 3. The summed E-state index contributed by atoms with van der Waals surface area (Å²) in [6.45, 7) is 16.2. The van der Waals surface area contributed by atoms with E-state index in [9.17, 15) is 0 Å². The summed E-state index contributed by atoms with van der Waals surface area (Å²) in [6.07, 6.45) is 5.15. The Balaban J connectivity index is 0.000000199. The van der Waals surface area contributed by atoms with E-state index in [4.69, 9.17) is 0 Å². The smallest absolute Gasteiger partial charge is 0.0798 e. The molecule has 7 aromatic rings. The third-order valence-electron chi connectivity index (χ3n) is 8.66. The van der Waals surface area contributed by atoms with E-state index in [-0.39, 0.29) is 20.1 Å². The number of hydrogen-bond donors (Lipinski definition) is 0. The summed E-state index contributed by atoms with van der Waals surface area (Å²) in [6, 6.07) is 42.9. The van der Waals surface area contributed by atoms with Gasteiger partial charge in [-0.2, -0.15) is 11.3 Å². The van der Waals surface area contributed by atoms with Crippen molar-refractivity contribution >= 4 is 44.8 Å². The van der Waals surface area contributed by atoms with Crippen LogP contribution in [-0.2, 0) is 26.5 Å². The van der Waals surface area contributed by atoms with Gasteiger partial charge in [0, 0.05) is 37.2 Å². The molecule has 49 heavy (non-hydrogen) atoms. The number of rotatable bonds is 7. The third-order valence-corrected chi connectivity index (χ3v) is 11.9. The van der Waals surface area contributed by atoms with Crippen molar-refractivity contribution in [2.75, 3.05) is 0 Å². The maximum Gasteiger partial charge on any atom is 0.0798 e. The molecule has 0 aliphatic rings. The molecule has 0 fully saturated rings. The maximum absolute atomic E-state index is 4.69. The number of nitrogens with zero attached hydrogens (tertiary/aromatic N) is 2. The molecule has 0 aliphatic carbocycles. The second-order valence-corrected chi connectivity index (χ2v) is 20.3. The van der Waals surface area contributed by atoms with Crippen molar-refractivity contribution < 1.29 is 20.1 Å². The van der Waals surface area contributed by atoms with E-state index < -0.39 is 8.07 Å². The first-order valence-electron chi connectivity index (χ1n) is 16.9. The fourth-order valence-electron chi connectivity index (χ4n) is 6.17. The minimum atomic E-state index is -1.34. The van der Waals surface area contributed by atoms with E-state index in [0.29, 0.717) is 11.8 Å². The fraction of sp³-hybridized carbons (Fsp3) is 0.227. The van der Waals surface area contributed by atoms with E-state index in [1.165, 1.54) is 47.6 Å². The molecular weight excluding hydrogens is 809 g/mol. The van der Waals surface area contributed by atoms with Crippen molar-refractivity contribution in [3.63, 3.8) is 0 Å². The van der Waals surface area contributed by atoms with Crippen LogP contribution in [0, 0.1) is 18.1 Å².